The maximum atomic E-state index is 13.0. The van der Waals surface area contributed by atoms with Gasteiger partial charge in [0.25, 0.3) is 0 Å². The number of hydrogen-bond donors (Lipinski definition) is 0. The highest BCUT2D eigenvalue weighted by atomic mass is 19.1. The lowest BCUT2D eigenvalue weighted by Crippen LogP contribution is -2.06. The van der Waals surface area contributed by atoms with Crippen molar-refractivity contribution in [1.29, 1.82) is 0 Å². The summed E-state index contributed by atoms with van der Waals surface area (Å²) < 4.78 is 13.0. The van der Waals surface area contributed by atoms with Crippen molar-refractivity contribution in [2.45, 2.75) is 27.2 Å². The fourth-order valence-electron chi connectivity index (χ4n) is 2.13. The van der Waals surface area contributed by atoms with Crippen LogP contribution in [0.3, 0.4) is 0 Å². The Hall–Kier alpha value is -2.03. The Morgan fingerprint density at radius 2 is 1.74 bits per heavy atom. The van der Waals surface area contributed by atoms with Gasteiger partial charge in [0.2, 0.25) is 0 Å². The highest BCUT2D eigenvalue weighted by Crippen LogP contribution is 2.14. The van der Waals surface area contributed by atoms with Gasteiger partial charge >= 0.3 is 0 Å². The number of carbonyl (C=O) groups excluding carboxylic acids is 1. The summed E-state index contributed by atoms with van der Waals surface area (Å²) in [5, 5.41) is 0. The van der Waals surface area contributed by atoms with Crippen molar-refractivity contribution in [3.05, 3.63) is 64.2 Å². The summed E-state index contributed by atoms with van der Waals surface area (Å²) in [5.41, 5.74) is 3.99. The molecule has 0 aliphatic rings. The van der Waals surface area contributed by atoms with Crippen molar-refractivity contribution >= 4 is 5.78 Å². The fraction of sp³-hybridized carbons (Fsp3) is 0.250. The van der Waals surface area contributed by atoms with Crippen molar-refractivity contribution in [1.82, 2.24) is 4.98 Å². The van der Waals surface area contributed by atoms with Gasteiger partial charge in [-0.1, -0.05) is 6.07 Å². The number of pyridine rings is 1. The second kappa shape index (κ2) is 5.31. The molecule has 0 saturated carbocycles. The van der Waals surface area contributed by atoms with Crippen molar-refractivity contribution in [2.24, 2.45) is 0 Å². The zero-order valence-corrected chi connectivity index (χ0v) is 11.3. The third-order valence-electron chi connectivity index (χ3n) is 3.06. The van der Waals surface area contributed by atoms with E-state index >= 15 is 0 Å². The molecule has 1 aromatic heterocycles. The Kier molecular flexibility index (Phi) is 3.74. The SMILES string of the molecule is Cc1cc(C(=O)Cc2ccc(F)cc2C)cc(C)n1. The molecular formula is C16H16FNO. The Bertz CT molecular complexity index is 614. The number of benzene rings is 1. The molecule has 0 radical (unpaired) electrons. The molecule has 0 N–H and O–H groups in total. The first-order chi connectivity index (χ1) is 8.95. The number of rotatable bonds is 3. The Morgan fingerprint density at radius 3 is 2.32 bits per heavy atom. The summed E-state index contributed by atoms with van der Waals surface area (Å²) in [6.45, 7) is 5.55. The van der Waals surface area contributed by atoms with Gasteiger partial charge in [-0.05, 0) is 56.2 Å². The minimum Gasteiger partial charge on any atom is -0.294 e. The van der Waals surface area contributed by atoms with Crippen LogP contribution in [0, 0.1) is 26.6 Å². The lowest BCUT2D eigenvalue weighted by Gasteiger charge is -2.07. The molecule has 19 heavy (non-hydrogen) atoms. The van der Waals surface area contributed by atoms with Gasteiger partial charge in [-0.25, -0.2) is 4.39 Å². The van der Waals surface area contributed by atoms with E-state index in [0.29, 0.717) is 5.56 Å². The molecule has 0 aliphatic heterocycles. The second-order valence-corrected chi connectivity index (χ2v) is 4.81. The smallest absolute Gasteiger partial charge is 0.167 e. The summed E-state index contributed by atoms with van der Waals surface area (Å²) in [6.07, 6.45) is 0.287. The zero-order valence-electron chi connectivity index (χ0n) is 11.3. The number of carbonyl (C=O) groups is 1. The number of Topliss-reactive ketones (excluding diaryl/α,β-unsaturated/α-hetero) is 1. The minimum absolute atomic E-state index is 0.0308. The number of aryl methyl sites for hydroxylation is 3. The van der Waals surface area contributed by atoms with Crippen molar-refractivity contribution in [3.63, 3.8) is 0 Å². The van der Waals surface area contributed by atoms with E-state index in [0.717, 1.165) is 22.5 Å². The molecular weight excluding hydrogens is 241 g/mol. The summed E-state index contributed by atoms with van der Waals surface area (Å²) in [5.74, 6) is -0.243. The molecule has 1 heterocycles. The van der Waals surface area contributed by atoms with Gasteiger partial charge in [0, 0.05) is 23.4 Å². The Labute approximate surface area is 112 Å². The topological polar surface area (TPSA) is 30.0 Å². The van der Waals surface area contributed by atoms with E-state index < -0.39 is 0 Å². The van der Waals surface area contributed by atoms with Gasteiger partial charge in [-0.2, -0.15) is 0 Å². The number of aromatic nitrogens is 1. The molecule has 98 valence electrons. The van der Waals surface area contributed by atoms with Crippen molar-refractivity contribution in [2.75, 3.05) is 0 Å². The van der Waals surface area contributed by atoms with Crippen LogP contribution < -0.4 is 0 Å². The highest BCUT2D eigenvalue weighted by molar-refractivity contribution is 5.97. The van der Waals surface area contributed by atoms with Crippen LogP contribution in [-0.4, -0.2) is 10.8 Å². The van der Waals surface area contributed by atoms with Crippen molar-refractivity contribution < 1.29 is 9.18 Å². The molecule has 3 heteroatoms. The van der Waals surface area contributed by atoms with E-state index in [2.05, 4.69) is 4.98 Å². The molecule has 0 aliphatic carbocycles. The van der Waals surface area contributed by atoms with Crippen LogP contribution in [0.5, 0.6) is 0 Å². The molecule has 2 nitrogen and oxygen atoms in total. The molecule has 0 bridgehead atoms. The number of ketones is 1. The van der Waals surface area contributed by atoms with Gasteiger partial charge in [0.05, 0.1) is 0 Å². The first-order valence-corrected chi connectivity index (χ1v) is 6.19. The van der Waals surface area contributed by atoms with E-state index in [-0.39, 0.29) is 18.0 Å². The zero-order chi connectivity index (χ0) is 14.0. The lowest BCUT2D eigenvalue weighted by atomic mass is 9.99. The third kappa shape index (κ3) is 3.25. The quantitative estimate of drug-likeness (QED) is 0.787. The van der Waals surface area contributed by atoms with Gasteiger partial charge in [0.15, 0.2) is 5.78 Å². The summed E-state index contributed by atoms with van der Waals surface area (Å²) in [4.78, 5) is 16.5. The predicted octanol–water partition coefficient (Wildman–Crippen LogP) is 3.57. The largest absolute Gasteiger partial charge is 0.294 e. The average molecular weight is 257 g/mol. The van der Waals surface area contributed by atoms with Crippen LogP contribution in [0.25, 0.3) is 0 Å². The van der Waals surface area contributed by atoms with E-state index in [1.54, 1.807) is 18.2 Å². The first-order valence-electron chi connectivity index (χ1n) is 6.19. The van der Waals surface area contributed by atoms with E-state index in [4.69, 9.17) is 0 Å². The first kappa shape index (κ1) is 13.4. The molecule has 2 aromatic rings. The van der Waals surface area contributed by atoms with Gasteiger partial charge in [-0.3, -0.25) is 9.78 Å². The fourth-order valence-corrected chi connectivity index (χ4v) is 2.13. The maximum Gasteiger partial charge on any atom is 0.167 e. The monoisotopic (exact) mass is 257 g/mol. The molecule has 2 rings (SSSR count). The summed E-state index contributed by atoms with van der Waals surface area (Å²) in [7, 11) is 0. The van der Waals surface area contributed by atoms with Gasteiger partial charge < -0.3 is 0 Å². The van der Waals surface area contributed by atoms with Crippen LogP contribution in [0.1, 0.15) is 32.9 Å². The van der Waals surface area contributed by atoms with Crippen LogP contribution in [-0.2, 0) is 6.42 Å². The Morgan fingerprint density at radius 1 is 1.11 bits per heavy atom. The summed E-state index contributed by atoms with van der Waals surface area (Å²) >= 11 is 0. The molecule has 0 saturated heterocycles. The second-order valence-electron chi connectivity index (χ2n) is 4.81. The van der Waals surface area contributed by atoms with E-state index in [1.165, 1.54) is 12.1 Å². The van der Waals surface area contributed by atoms with E-state index in [1.807, 2.05) is 20.8 Å². The van der Waals surface area contributed by atoms with Crippen LogP contribution in [0.2, 0.25) is 0 Å². The molecule has 1 aromatic carbocycles. The number of nitrogens with zero attached hydrogens (tertiary/aromatic N) is 1. The van der Waals surface area contributed by atoms with Crippen molar-refractivity contribution in [3.8, 4) is 0 Å². The standard InChI is InChI=1S/C16H16FNO/c1-10-6-15(17)5-4-13(10)9-16(19)14-7-11(2)18-12(3)8-14/h4-8H,9H2,1-3H3. The Balaban J connectivity index is 2.25. The minimum atomic E-state index is -0.274. The highest BCUT2D eigenvalue weighted by Gasteiger charge is 2.10. The number of hydrogen-bond acceptors (Lipinski definition) is 2. The molecule has 0 amide bonds. The van der Waals surface area contributed by atoms with E-state index in [9.17, 15) is 9.18 Å². The average Bonchev–Trinajstić information content (AvgIpc) is 2.31. The molecule has 0 unspecified atom stereocenters. The van der Waals surface area contributed by atoms with Gasteiger partial charge in [-0.15, -0.1) is 0 Å². The van der Waals surface area contributed by atoms with Crippen LogP contribution in [0.4, 0.5) is 4.39 Å². The molecule has 0 spiro atoms. The summed E-state index contributed by atoms with van der Waals surface area (Å²) in [6, 6.07) is 8.08. The lowest BCUT2D eigenvalue weighted by molar-refractivity contribution is 0.0992. The van der Waals surface area contributed by atoms with Gasteiger partial charge in [0.1, 0.15) is 5.82 Å². The van der Waals surface area contributed by atoms with Crippen LogP contribution >= 0.6 is 0 Å². The third-order valence-corrected chi connectivity index (χ3v) is 3.06. The maximum absolute atomic E-state index is 13.0. The normalized spacial score (nSPS) is 10.5. The molecule has 0 atom stereocenters. The predicted molar refractivity (Wildman–Crippen MR) is 72.9 cm³/mol. The number of halogens is 1. The molecule has 0 fully saturated rings. The van der Waals surface area contributed by atoms with Crippen LogP contribution in [0.15, 0.2) is 30.3 Å².